The van der Waals surface area contributed by atoms with E-state index in [2.05, 4.69) is 6.58 Å². The molecule has 0 rings (SSSR count). The summed E-state index contributed by atoms with van der Waals surface area (Å²) in [5.41, 5.74) is 0.644. The van der Waals surface area contributed by atoms with Gasteiger partial charge in [0.25, 0.3) is 0 Å². The summed E-state index contributed by atoms with van der Waals surface area (Å²) in [4.78, 5) is 11.4. The van der Waals surface area contributed by atoms with Crippen LogP contribution in [0.2, 0.25) is 0 Å². The van der Waals surface area contributed by atoms with Crippen molar-refractivity contribution in [1.29, 1.82) is 0 Å². The molecule has 1 unspecified atom stereocenters. The van der Waals surface area contributed by atoms with Crippen molar-refractivity contribution in [2.24, 2.45) is 0 Å². The van der Waals surface area contributed by atoms with Gasteiger partial charge in [-0.2, -0.15) is 0 Å². The van der Waals surface area contributed by atoms with Crippen molar-refractivity contribution in [2.45, 2.75) is 19.9 Å². The van der Waals surface area contributed by atoms with Crippen LogP contribution in [0.5, 0.6) is 0 Å². The van der Waals surface area contributed by atoms with E-state index in [9.17, 15) is 4.79 Å². The van der Waals surface area contributed by atoms with Gasteiger partial charge in [-0.1, -0.05) is 6.58 Å². The molecule has 0 aliphatic rings. The molecule has 3 heteroatoms. The highest BCUT2D eigenvalue weighted by atomic mass is 79.9. The predicted molar refractivity (Wildman–Crippen MR) is 47.3 cm³/mol. The summed E-state index contributed by atoms with van der Waals surface area (Å²) in [5, 5.41) is 0. The lowest BCUT2D eigenvalue weighted by Crippen LogP contribution is -3.00. The van der Waals surface area contributed by atoms with Crippen molar-refractivity contribution in [1.82, 2.24) is 0 Å². The number of hydrogen-bond acceptors (Lipinski definition) is 1. The van der Waals surface area contributed by atoms with Crippen LogP contribution in [0.4, 0.5) is 0 Å². The lowest BCUT2D eigenvalue weighted by Gasteiger charge is -2.30. The van der Waals surface area contributed by atoms with Gasteiger partial charge in [-0.25, -0.2) is 0 Å². The van der Waals surface area contributed by atoms with Crippen molar-refractivity contribution in [3.8, 4) is 0 Å². The number of rotatable bonds is 3. The van der Waals surface area contributed by atoms with Gasteiger partial charge >= 0.3 is 0 Å². The number of quaternary nitrogens is 1. The molecule has 0 spiro atoms. The molecule has 12 heavy (non-hydrogen) atoms. The summed E-state index contributed by atoms with van der Waals surface area (Å²) in [5.74, 6) is 0.150. The molecule has 0 heterocycles. The number of carbonyl (C=O) groups is 1. The van der Waals surface area contributed by atoms with Crippen molar-refractivity contribution >= 4 is 5.78 Å². The average Bonchev–Trinajstić information content (AvgIpc) is 1.82. The van der Waals surface area contributed by atoms with Crippen molar-refractivity contribution < 1.29 is 26.3 Å². The maximum atomic E-state index is 11.4. The summed E-state index contributed by atoms with van der Waals surface area (Å²) in [6.45, 7) is 7.32. The van der Waals surface area contributed by atoms with Gasteiger partial charge in [-0.3, -0.25) is 4.79 Å². The molecule has 0 N–H and O–H groups in total. The van der Waals surface area contributed by atoms with Gasteiger partial charge in [0.15, 0.2) is 0 Å². The van der Waals surface area contributed by atoms with Gasteiger partial charge in [0.1, 0.15) is 6.04 Å². The normalized spacial score (nSPS) is 13.1. The van der Waals surface area contributed by atoms with Crippen LogP contribution in [-0.4, -0.2) is 37.5 Å². The second kappa shape index (κ2) is 4.77. The molecule has 1 atom stereocenters. The van der Waals surface area contributed by atoms with E-state index in [1.165, 1.54) is 0 Å². The Hall–Kier alpha value is -0.150. The van der Waals surface area contributed by atoms with Crippen LogP contribution in [0.3, 0.4) is 0 Å². The van der Waals surface area contributed by atoms with E-state index in [1.807, 2.05) is 28.1 Å². The third kappa shape index (κ3) is 4.02. The van der Waals surface area contributed by atoms with Crippen LogP contribution in [0, 0.1) is 0 Å². The summed E-state index contributed by atoms with van der Waals surface area (Å²) in [7, 11) is 6.02. The van der Waals surface area contributed by atoms with Gasteiger partial charge in [0, 0.05) is 0 Å². The molecular weight excluding hydrogens is 218 g/mol. The number of nitrogens with zero attached hydrogens (tertiary/aromatic N) is 1. The maximum absolute atomic E-state index is 11.4. The zero-order valence-electron chi connectivity index (χ0n) is 8.52. The zero-order valence-corrected chi connectivity index (χ0v) is 10.1. The number of likely N-dealkylation sites (N-methyl/N-ethyl adjacent to an activating group) is 1. The molecule has 72 valence electrons. The molecule has 0 amide bonds. The second-order valence-electron chi connectivity index (χ2n) is 3.94. The van der Waals surface area contributed by atoms with Crippen LogP contribution >= 0.6 is 0 Å². The van der Waals surface area contributed by atoms with E-state index in [1.54, 1.807) is 6.92 Å². The molecule has 0 bridgehead atoms. The van der Waals surface area contributed by atoms with E-state index < -0.39 is 0 Å². The molecular formula is C9H18BrNO. The van der Waals surface area contributed by atoms with Gasteiger partial charge < -0.3 is 21.5 Å². The summed E-state index contributed by atoms with van der Waals surface area (Å²) in [6.07, 6.45) is 0. The zero-order chi connectivity index (χ0) is 9.23. The smallest absolute Gasteiger partial charge is 0.214 e. The average molecular weight is 236 g/mol. The summed E-state index contributed by atoms with van der Waals surface area (Å²) >= 11 is 0. The van der Waals surface area contributed by atoms with Crippen LogP contribution in [-0.2, 0) is 4.79 Å². The number of Topliss-reactive ketones (excluding diaryl/α,β-unsaturated/α-hetero) is 1. The lowest BCUT2D eigenvalue weighted by atomic mass is 10.1. The first-order valence-electron chi connectivity index (χ1n) is 3.77. The van der Waals surface area contributed by atoms with Gasteiger partial charge in [-0.05, 0) is 19.4 Å². The van der Waals surface area contributed by atoms with E-state index >= 15 is 0 Å². The molecule has 0 saturated carbocycles. The first kappa shape index (κ1) is 14.4. The fraction of sp³-hybridized carbons (Fsp3) is 0.667. The van der Waals surface area contributed by atoms with Gasteiger partial charge in [0.05, 0.1) is 21.1 Å². The van der Waals surface area contributed by atoms with Crippen molar-refractivity contribution in [3.05, 3.63) is 12.2 Å². The molecule has 0 radical (unpaired) electrons. The van der Waals surface area contributed by atoms with Crippen LogP contribution in [0.15, 0.2) is 12.2 Å². The minimum absolute atomic E-state index is 0. The molecule has 0 aliphatic carbocycles. The minimum Gasteiger partial charge on any atom is -1.00 e. The van der Waals surface area contributed by atoms with Crippen LogP contribution in [0.1, 0.15) is 13.8 Å². The standard InChI is InChI=1S/C9H18NO.BrH/c1-7(2)9(11)8(3)10(4,5)6;/h8H,1H2,2-6H3;1H/q+1;/p-1. The van der Waals surface area contributed by atoms with Crippen molar-refractivity contribution in [3.63, 3.8) is 0 Å². The van der Waals surface area contributed by atoms with Gasteiger partial charge in [-0.15, -0.1) is 0 Å². The minimum atomic E-state index is 0. The van der Waals surface area contributed by atoms with E-state index in [0.717, 1.165) is 0 Å². The fourth-order valence-corrected chi connectivity index (χ4v) is 0.708. The Kier molecular flexibility index (Phi) is 5.72. The monoisotopic (exact) mass is 235 g/mol. The Morgan fingerprint density at radius 3 is 1.75 bits per heavy atom. The van der Waals surface area contributed by atoms with E-state index in [4.69, 9.17) is 0 Å². The van der Waals surface area contributed by atoms with E-state index in [-0.39, 0.29) is 28.8 Å². The molecule has 0 aliphatic heterocycles. The van der Waals surface area contributed by atoms with Gasteiger partial charge in [0.2, 0.25) is 5.78 Å². The fourth-order valence-electron chi connectivity index (χ4n) is 0.708. The SMILES string of the molecule is C=C(C)C(=O)C(C)[N+](C)(C)C.[Br-]. The molecule has 0 fully saturated rings. The number of hydrogen-bond donors (Lipinski definition) is 0. The molecule has 0 aromatic carbocycles. The maximum Gasteiger partial charge on any atom is 0.214 e. The number of halogens is 1. The predicted octanol–water partition coefficient (Wildman–Crippen LogP) is -1.77. The highest BCUT2D eigenvalue weighted by molar-refractivity contribution is 5.97. The third-order valence-corrected chi connectivity index (χ3v) is 1.96. The topological polar surface area (TPSA) is 17.1 Å². The largest absolute Gasteiger partial charge is 1.00 e. The first-order valence-corrected chi connectivity index (χ1v) is 3.77. The quantitative estimate of drug-likeness (QED) is 0.419. The Labute approximate surface area is 85.6 Å². The molecule has 0 aromatic heterocycles. The number of carbonyl (C=O) groups excluding carboxylic acids is 1. The third-order valence-electron chi connectivity index (χ3n) is 1.96. The summed E-state index contributed by atoms with van der Waals surface area (Å²) < 4.78 is 0.658. The lowest BCUT2D eigenvalue weighted by molar-refractivity contribution is -0.884. The molecule has 0 saturated heterocycles. The Morgan fingerprint density at radius 2 is 1.67 bits per heavy atom. The Balaban J connectivity index is 0. The Morgan fingerprint density at radius 1 is 1.33 bits per heavy atom. The highest BCUT2D eigenvalue weighted by Crippen LogP contribution is 2.07. The number of ketones is 1. The second-order valence-corrected chi connectivity index (χ2v) is 3.94. The van der Waals surface area contributed by atoms with Crippen LogP contribution < -0.4 is 17.0 Å². The van der Waals surface area contributed by atoms with E-state index in [0.29, 0.717) is 10.1 Å². The van der Waals surface area contributed by atoms with Crippen LogP contribution in [0.25, 0.3) is 0 Å². The first-order chi connectivity index (χ1) is 4.76. The summed E-state index contributed by atoms with van der Waals surface area (Å²) in [6, 6.07) is 0.00694. The highest BCUT2D eigenvalue weighted by Gasteiger charge is 2.26. The molecule has 2 nitrogen and oxygen atoms in total. The molecule has 0 aromatic rings. The Bertz CT molecular complexity index is 181. The van der Waals surface area contributed by atoms with Crippen molar-refractivity contribution in [2.75, 3.05) is 21.1 Å².